The Morgan fingerprint density at radius 2 is 1.89 bits per heavy atom. The van der Waals surface area contributed by atoms with Gasteiger partial charge in [0, 0.05) is 17.8 Å². The van der Waals surface area contributed by atoms with Gasteiger partial charge in [-0.15, -0.1) is 0 Å². The fourth-order valence-corrected chi connectivity index (χ4v) is 2.13. The highest BCUT2D eigenvalue weighted by Crippen LogP contribution is 2.28. The van der Waals surface area contributed by atoms with E-state index in [1.165, 1.54) is 0 Å². The van der Waals surface area contributed by atoms with Crippen LogP contribution < -0.4 is 11.1 Å². The summed E-state index contributed by atoms with van der Waals surface area (Å²) in [4.78, 5) is 11.8. The SMILES string of the molecule is CCCCCC(=O)Nc1c(C)cc(C)c(N)c1C. The van der Waals surface area contributed by atoms with Crippen molar-refractivity contribution in [2.24, 2.45) is 0 Å². The molecular weight excluding hydrogens is 224 g/mol. The highest BCUT2D eigenvalue weighted by molar-refractivity contribution is 5.93. The quantitative estimate of drug-likeness (QED) is 0.616. The second-order valence-electron chi connectivity index (χ2n) is 4.93. The summed E-state index contributed by atoms with van der Waals surface area (Å²) in [5.74, 6) is 0.0814. The molecule has 0 heterocycles. The summed E-state index contributed by atoms with van der Waals surface area (Å²) < 4.78 is 0. The maximum Gasteiger partial charge on any atom is 0.224 e. The van der Waals surface area contributed by atoms with E-state index in [9.17, 15) is 4.79 Å². The molecule has 1 rings (SSSR count). The molecule has 0 aliphatic heterocycles. The molecule has 3 N–H and O–H groups in total. The van der Waals surface area contributed by atoms with Crippen LogP contribution in [0.1, 0.15) is 49.3 Å². The van der Waals surface area contributed by atoms with Gasteiger partial charge in [-0.1, -0.05) is 25.8 Å². The maximum absolute atomic E-state index is 11.8. The van der Waals surface area contributed by atoms with E-state index in [1.807, 2.05) is 26.8 Å². The molecule has 0 bridgehead atoms. The number of anilines is 2. The second-order valence-corrected chi connectivity index (χ2v) is 4.93. The second kappa shape index (κ2) is 6.43. The zero-order chi connectivity index (χ0) is 13.7. The van der Waals surface area contributed by atoms with Crippen molar-refractivity contribution in [2.75, 3.05) is 11.1 Å². The highest BCUT2D eigenvalue weighted by Gasteiger charge is 2.11. The number of aryl methyl sites for hydroxylation is 2. The fourth-order valence-electron chi connectivity index (χ4n) is 2.13. The lowest BCUT2D eigenvalue weighted by molar-refractivity contribution is -0.116. The minimum atomic E-state index is 0.0814. The molecule has 0 fully saturated rings. The number of carbonyl (C=O) groups excluding carboxylic acids is 1. The third-order valence-corrected chi connectivity index (χ3v) is 3.30. The Kier molecular flexibility index (Phi) is 5.20. The normalized spacial score (nSPS) is 10.4. The number of nitrogens with two attached hydrogens (primary N) is 1. The van der Waals surface area contributed by atoms with E-state index >= 15 is 0 Å². The van der Waals surface area contributed by atoms with Crippen LogP contribution in [0.15, 0.2) is 6.07 Å². The van der Waals surface area contributed by atoms with Crippen LogP contribution in [0.3, 0.4) is 0 Å². The third-order valence-electron chi connectivity index (χ3n) is 3.30. The Bertz CT molecular complexity index is 439. The average molecular weight is 248 g/mol. The van der Waals surface area contributed by atoms with Crippen molar-refractivity contribution < 1.29 is 4.79 Å². The molecule has 0 unspecified atom stereocenters. The Balaban J connectivity index is 2.79. The number of hydrogen-bond acceptors (Lipinski definition) is 2. The van der Waals surface area contributed by atoms with E-state index < -0.39 is 0 Å². The number of amides is 1. The van der Waals surface area contributed by atoms with E-state index in [1.54, 1.807) is 0 Å². The zero-order valence-electron chi connectivity index (χ0n) is 11.9. The van der Waals surface area contributed by atoms with Crippen LogP contribution in [-0.4, -0.2) is 5.91 Å². The van der Waals surface area contributed by atoms with Gasteiger partial charge in [-0.2, -0.15) is 0 Å². The summed E-state index contributed by atoms with van der Waals surface area (Å²) in [5.41, 5.74) is 10.7. The summed E-state index contributed by atoms with van der Waals surface area (Å²) in [7, 11) is 0. The number of carbonyl (C=O) groups is 1. The van der Waals surface area contributed by atoms with Crippen LogP contribution in [0.4, 0.5) is 11.4 Å². The Morgan fingerprint density at radius 1 is 1.22 bits per heavy atom. The standard InChI is InChI=1S/C15H24N2O/c1-5-6-7-8-13(18)17-15-11(3)9-10(2)14(16)12(15)4/h9H,5-8,16H2,1-4H3,(H,17,18). The van der Waals surface area contributed by atoms with Crippen LogP contribution in [0.25, 0.3) is 0 Å². The molecule has 3 heteroatoms. The molecule has 100 valence electrons. The van der Waals surface area contributed by atoms with Gasteiger partial charge in [-0.3, -0.25) is 4.79 Å². The molecule has 0 saturated carbocycles. The molecule has 0 radical (unpaired) electrons. The van der Waals surface area contributed by atoms with Gasteiger partial charge in [0.15, 0.2) is 0 Å². The Labute approximate surface area is 110 Å². The molecule has 1 amide bonds. The van der Waals surface area contributed by atoms with E-state index in [0.717, 1.165) is 47.3 Å². The van der Waals surface area contributed by atoms with Gasteiger partial charge >= 0.3 is 0 Å². The largest absolute Gasteiger partial charge is 0.398 e. The van der Waals surface area contributed by atoms with Crippen LogP contribution in [0.5, 0.6) is 0 Å². The number of rotatable bonds is 5. The first-order valence-corrected chi connectivity index (χ1v) is 6.63. The minimum Gasteiger partial charge on any atom is -0.398 e. The zero-order valence-corrected chi connectivity index (χ0v) is 11.9. The lowest BCUT2D eigenvalue weighted by Crippen LogP contribution is -2.14. The summed E-state index contributed by atoms with van der Waals surface area (Å²) in [5, 5.41) is 2.99. The molecule has 1 aromatic carbocycles. The highest BCUT2D eigenvalue weighted by atomic mass is 16.1. The first-order valence-electron chi connectivity index (χ1n) is 6.63. The molecule has 0 atom stereocenters. The van der Waals surface area contributed by atoms with Gasteiger partial charge in [0.05, 0.1) is 0 Å². The van der Waals surface area contributed by atoms with Gasteiger partial charge < -0.3 is 11.1 Å². The minimum absolute atomic E-state index is 0.0814. The van der Waals surface area contributed by atoms with Crippen molar-refractivity contribution in [1.82, 2.24) is 0 Å². The molecule has 0 spiro atoms. The molecule has 18 heavy (non-hydrogen) atoms. The number of unbranched alkanes of at least 4 members (excludes halogenated alkanes) is 2. The van der Waals surface area contributed by atoms with E-state index in [-0.39, 0.29) is 5.91 Å². The van der Waals surface area contributed by atoms with Crippen molar-refractivity contribution >= 4 is 17.3 Å². The van der Waals surface area contributed by atoms with E-state index in [0.29, 0.717) is 6.42 Å². The van der Waals surface area contributed by atoms with Crippen molar-refractivity contribution in [3.05, 3.63) is 22.8 Å². The van der Waals surface area contributed by atoms with Gasteiger partial charge in [0.2, 0.25) is 5.91 Å². The molecule has 0 aromatic heterocycles. The number of nitrogen functional groups attached to an aromatic ring is 1. The monoisotopic (exact) mass is 248 g/mol. The van der Waals surface area contributed by atoms with Crippen LogP contribution in [-0.2, 0) is 4.79 Å². The van der Waals surface area contributed by atoms with Gasteiger partial charge in [-0.25, -0.2) is 0 Å². The number of hydrogen-bond donors (Lipinski definition) is 2. The topological polar surface area (TPSA) is 55.1 Å². The van der Waals surface area contributed by atoms with Crippen molar-refractivity contribution in [2.45, 2.75) is 53.4 Å². The van der Waals surface area contributed by atoms with Crippen molar-refractivity contribution in [3.8, 4) is 0 Å². The van der Waals surface area contributed by atoms with Crippen LogP contribution in [0.2, 0.25) is 0 Å². The lowest BCUT2D eigenvalue weighted by Gasteiger charge is -2.15. The summed E-state index contributed by atoms with van der Waals surface area (Å²) in [6.07, 6.45) is 3.76. The van der Waals surface area contributed by atoms with Crippen LogP contribution in [0, 0.1) is 20.8 Å². The summed E-state index contributed by atoms with van der Waals surface area (Å²) in [6.45, 7) is 8.08. The Morgan fingerprint density at radius 3 is 2.50 bits per heavy atom. The predicted octanol–water partition coefficient (Wildman–Crippen LogP) is 3.71. The van der Waals surface area contributed by atoms with Crippen molar-refractivity contribution in [3.63, 3.8) is 0 Å². The van der Waals surface area contributed by atoms with Gasteiger partial charge in [-0.05, 0) is 43.9 Å². The first-order chi connectivity index (χ1) is 8.47. The Hall–Kier alpha value is -1.51. The maximum atomic E-state index is 11.8. The van der Waals surface area contributed by atoms with Crippen molar-refractivity contribution in [1.29, 1.82) is 0 Å². The van der Waals surface area contributed by atoms with Gasteiger partial charge in [0.1, 0.15) is 0 Å². The number of benzene rings is 1. The third kappa shape index (κ3) is 3.49. The number of nitrogens with one attached hydrogen (secondary N) is 1. The molecule has 0 saturated heterocycles. The van der Waals surface area contributed by atoms with E-state index in [4.69, 9.17) is 5.73 Å². The molecule has 0 aliphatic carbocycles. The smallest absolute Gasteiger partial charge is 0.224 e. The molecule has 0 aliphatic rings. The molecule has 3 nitrogen and oxygen atoms in total. The molecular formula is C15H24N2O. The lowest BCUT2D eigenvalue weighted by atomic mass is 10.0. The predicted molar refractivity (Wildman–Crippen MR) is 77.8 cm³/mol. The van der Waals surface area contributed by atoms with Crippen LogP contribution >= 0.6 is 0 Å². The average Bonchev–Trinajstić information content (AvgIpc) is 2.32. The molecule has 1 aromatic rings. The summed E-state index contributed by atoms with van der Waals surface area (Å²) >= 11 is 0. The fraction of sp³-hybridized carbons (Fsp3) is 0.533. The summed E-state index contributed by atoms with van der Waals surface area (Å²) in [6, 6.07) is 2.02. The first kappa shape index (κ1) is 14.6. The van der Waals surface area contributed by atoms with Gasteiger partial charge in [0.25, 0.3) is 0 Å². The van der Waals surface area contributed by atoms with E-state index in [2.05, 4.69) is 12.2 Å².